The summed E-state index contributed by atoms with van der Waals surface area (Å²) in [6, 6.07) is 9.85. The molecule has 2 rings (SSSR count). The maximum absolute atomic E-state index is 12.1. The van der Waals surface area contributed by atoms with E-state index in [4.69, 9.17) is 5.73 Å². The quantitative estimate of drug-likeness (QED) is 0.699. The van der Waals surface area contributed by atoms with Gasteiger partial charge in [0.2, 0.25) is 5.91 Å². The summed E-state index contributed by atoms with van der Waals surface area (Å²) >= 11 is 0. The zero-order chi connectivity index (χ0) is 16.5. The van der Waals surface area contributed by atoms with Crippen LogP contribution >= 0.6 is 0 Å². The SMILES string of the molecule is CC(NC(=O)CCCCCCN)c1ccccc1-n1cccn1. The van der Waals surface area contributed by atoms with E-state index in [0.29, 0.717) is 6.42 Å². The number of benzene rings is 1. The minimum atomic E-state index is -0.0491. The number of hydrogen-bond donors (Lipinski definition) is 2. The predicted octanol–water partition coefficient (Wildman–Crippen LogP) is 2.96. The lowest BCUT2D eigenvalue weighted by Crippen LogP contribution is -2.27. The highest BCUT2D eigenvalue weighted by Gasteiger charge is 2.14. The fourth-order valence-electron chi connectivity index (χ4n) is 2.65. The Morgan fingerprint density at radius 3 is 2.74 bits per heavy atom. The van der Waals surface area contributed by atoms with E-state index >= 15 is 0 Å². The number of carbonyl (C=O) groups excluding carboxylic acids is 1. The van der Waals surface area contributed by atoms with Gasteiger partial charge >= 0.3 is 0 Å². The van der Waals surface area contributed by atoms with Crippen LogP contribution in [-0.2, 0) is 4.79 Å². The number of nitrogens with one attached hydrogen (secondary N) is 1. The first-order valence-electron chi connectivity index (χ1n) is 8.30. The normalized spacial score (nSPS) is 12.1. The summed E-state index contributed by atoms with van der Waals surface area (Å²) in [4.78, 5) is 12.1. The molecule has 0 bridgehead atoms. The van der Waals surface area contributed by atoms with Gasteiger partial charge in [-0.25, -0.2) is 4.68 Å². The summed E-state index contributed by atoms with van der Waals surface area (Å²) in [7, 11) is 0. The first-order valence-corrected chi connectivity index (χ1v) is 8.30. The van der Waals surface area contributed by atoms with Crippen molar-refractivity contribution < 1.29 is 4.79 Å². The molecule has 0 aliphatic carbocycles. The van der Waals surface area contributed by atoms with E-state index in [9.17, 15) is 4.79 Å². The van der Waals surface area contributed by atoms with Crippen LogP contribution in [0.2, 0.25) is 0 Å². The summed E-state index contributed by atoms with van der Waals surface area (Å²) in [6.07, 6.45) is 8.34. The molecule has 5 heteroatoms. The maximum atomic E-state index is 12.1. The van der Waals surface area contributed by atoms with Gasteiger partial charge in [0.05, 0.1) is 11.7 Å². The molecule has 1 heterocycles. The number of para-hydroxylation sites is 1. The molecule has 0 saturated heterocycles. The van der Waals surface area contributed by atoms with Crippen molar-refractivity contribution in [3.63, 3.8) is 0 Å². The Bertz CT molecular complexity index is 595. The monoisotopic (exact) mass is 314 g/mol. The van der Waals surface area contributed by atoms with E-state index in [1.54, 1.807) is 6.20 Å². The first-order chi connectivity index (χ1) is 11.2. The lowest BCUT2D eigenvalue weighted by Gasteiger charge is -2.18. The van der Waals surface area contributed by atoms with Crippen molar-refractivity contribution >= 4 is 5.91 Å². The molecule has 5 nitrogen and oxygen atoms in total. The molecule has 0 saturated carbocycles. The van der Waals surface area contributed by atoms with Gasteiger partial charge in [0.25, 0.3) is 0 Å². The van der Waals surface area contributed by atoms with Gasteiger partial charge in [0.15, 0.2) is 0 Å². The van der Waals surface area contributed by atoms with Crippen molar-refractivity contribution in [3.05, 3.63) is 48.3 Å². The molecule has 0 radical (unpaired) electrons. The Labute approximate surface area is 137 Å². The van der Waals surface area contributed by atoms with Gasteiger partial charge in [0.1, 0.15) is 0 Å². The molecule has 0 aliphatic heterocycles. The molecule has 1 aromatic carbocycles. The van der Waals surface area contributed by atoms with Crippen LogP contribution in [0, 0.1) is 0 Å². The smallest absolute Gasteiger partial charge is 0.220 e. The Morgan fingerprint density at radius 2 is 2.00 bits per heavy atom. The zero-order valence-corrected chi connectivity index (χ0v) is 13.7. The Kier molecular flexibility index (Phi) is 6.81. The third-order valence-electron chi connectivity index (χ3n) is 3.89. The molecule has 23 heavy (non-hydrogen) atoms. The van der Waals surface area contributed by atoms with Gasteiger partial charge in [-0.2, -0.15) is 5.10 Å². The first kappa shape index (κ1) is 17.2. The fraction of sp³-hybridized carbons (Fsp3) is 0.444. The van der Waals surface area contributed by atoms with E-state index in [1.165, 1.54) is 0 Å². The molecular formula is C18H26N4O. The minimum absolute atomic E-state index is 0.0491. The highest BCUT2D eigenvalue weighted by atomic mass is 16.1. The maximum Gasteiger partial charge on any atom is 0.220 e. The third-order valence-corrected chi connectivity index (χ3v) is 3.89. The molecule has 1 amide bonds. The average molecular weight is 314 g/mol. The zero-order valence-electron chi connectivity index (χ0n) is 13.7. The van der Waals surface area contributed by atoms with E-state index in [-0.39, 0.29) is 11.9 Å². The Morgan fingerprint density at radius 1 is 1.22 bits per heavy atom. The molecule has 1 atom stereocenters. The van der Waals surface area contributed by atoms with E-state index in [0.717, 1.165) is 43.5 Å². The van der Waals surface area contributed by atoms with Gasteiger partial charge in [0, 0.05) is 18.8 Å². The largest absolute Gasteiger partial charge is 0.350 e. The number of unbranched alkanes of at least 4 members (excludes halogenated alkanes) is 3. The van der Waals surface area contributed by atoms with Crippen LogP contribution in [0.15, 0.2) is 42.7 Å². The lowest BCUT2D eigenvalue weighted by molar-refractivity contribution is -0.121. The highest BCUT2D eigenvalue weighted by Crippen LogP contribution is 2.21. The van der Waals surface area contributed by atoms with Crippen LogP contribution in [0.4, 0.5) is 0 Å². The predicted molar refractivity (Wildman–Crippen MR) is 92.3 cm³/mol. The minimum Gasteiger partial charge on any atom is -0.350 e. The van der Waals surface area contributed by atoms with E-state index in [2.05, 4.69) is 10.4 Å². The molecular weight excluding hydrogens is 288 g/mol. The van der Waals surface area contributed by atoms with E-state index in [1.807, 2.05) is 48.1 Å². The summed E-state index contributed by atoms with van der Waals surface area (Å²) in [6.45, 7) is 2.74. The molecule has 0 spiro atoms. The molecule has 2 aromatic rings. The fourth-order valence-corrected chi connectivity index (χ4v) is 2.65. The van der Waals surface area contributed by atoms with Gasteiger partial charge in [-0.15, -0.1) is 0 Å². The van der Waals surface area contributed by atoms with Crippen LogP contribution in [0.1, 0.15) is 50.6 Å². The van der Waals surface area contributed by atoms with Crippen molar-refractivity contribution in [2.75, 3.05) is 6.54 Å². The number of nitrogens with zero attached hydrogens (tertiary/aromatic N) is 2. The number of aromatic nitrogens is 2. The standard InChI is InChI=1S/C18H26N4O/c1-15(21-18(23)11-4-2-3-7-12-19)16-9-5-6-10-17(16)22-14-8-13-20-22/h5-6,8-10,13-15H,2-4,7,11-12,19H2,1H3,(H,21,23). The topological polar surface area (TPSA) is 72.9 Å². The van der Waals surface area contributed by atoms with Crippen molar-refractivity contribution in [3.8, 4) is 5.69 Å². The summed E-state index contributed by atoms with van der Waals surface area (Å²) < 4.78 is 1.82. The lowest BCUT2D eigenvalue weighted by atomic mass is 10.1. The Balaban J connectivity index is 1.91. The van der Waals surface area contributed by atoms with Crippen LogP contribution in [0.25, 0.3) is 5.69 Å². The van der Waals surface area contributed by atoms with Crippen molar-refractivity contribution in [2.45, 2.75) is 45.1 Å². The third kappa shape index (κ3) is 5.21. The van der Waals surface area contributed by atoms with Crippen LogP contribution in [0.3, 0.4) is 0 Å². The molecule has 124 valence electrons. The van der Waals surface area contributed by atoms with Crippen molar-refractivity contribution in [1.29, 1.82) is 0 Å². The van der Waals surface area contributed by atoms with Crippen LogP contribution in [-0.4, -0.2) is 22.2 Å². The van der Waals surface area contributed by atoms with Gasteiger partial charge in [-0.1, -0.05) is 31.0 Å². The average Bonchev–Trinajstić information content (AvgIpc) is 3.09. The summed E-state index contributed by atoms with van der Waals surface area (Å²) in [5.41, 5.74) is 7.53. The summed E-state index contributed by atoms with van der Waals surface area (Å²) in [5, 5.41) is 7.37. The second kappa shape index (κ2) is 9.10. The van der Waals surface area contributed by atoms with Crippen molar-refractivity contribution in [2.24, 2.45) is 5.73 Å². The van der Waals surface area contributed by atoms with Crippen LogP contribution in [0.5, 0.6) is 0 Å². The highest BCUT2D eigenvalue weighted by molar-refractivity contribution is 5.76. The number of nitrogens with two attached hydrogens (primary N) is 1. The second-order valence-electron chi connectivity index (χ2n) is 5.75. The van der Waals surface area contributed by atoms with Gasteiger partial charge < -0.3 is 11.1 Å². The number of carbonyl (C=O) groups is 1. The summed E-state index contributed by atoms with van der Waals surface area (Å²) in [5.74, 6) is 0.0977. The van der Waals surface area contributed by atoms with Gasteiger partial charge in [-0.3, -0.25) is 4.79 Å². The molecule has 1 aromatic heterocycles. The number of rotatable bonds is 9. The number of hydrogen-bond acceptors (Lipinski definition) is 3. The molecule has 0 aliphatic rings. The van der Waals surface area contributed by atoms with E-state index < -0.39 is 0 Å². The van der Waals surface area contributed by atoms with Gasteiger partial charge in [-0.05, 0) is 44.0 Å². The second-order valence-corrected chi connectivity index (χ2v) is 5.75. The Hall–Kier alpha value is -2.14. The van der Waals surface area contributed by atoms with Crippen LogP contribution < -0.4 is 11.1 Å². The number of amides is 1. The molecule has 0 fully saturated rings. The molecule has 3 N–H and O–H groups in total. The van der Waals surface area contributed by atoms with Crippen molar-refractivity contribution in [1.82, 2.24) is 15.1 Å². The molecule has 1 unspecified atom stereocenters.